The molecule has 0 saturated heterocycles. The first-order valence-electron chi connectivity index (χ1n) is 19.2. The maximum Gasteiger partial charge on any atom is 0.0547 e. The number of benzene rings is 8. The second kappa shape index (κ2) is 14.9. The molecule has 9 rings (SSSR count). The summed E-state index contributed by atoms with van der Waals surface area (Å²) in [5.74, 6) is 0. The molecule has 0 atom stereocenters. The van der Waals surface area contributed by atoms with Crippen molar-refractivity contribution in [3.8, 4) is 27.9 Å². The van der Waals surface area contributed by atoms with Crippen LogP contribution in [0.1, 0.15) is 25.8 Å². The zero-order valence-electron chi connectivity index (χ0n) is 31.2. The third-order valence-corrected chi connectivity index (χ3v) is 10.6. The monoisotopic (exact) mass is 706 g/mol. The van der Waals surface area contributed by atoms with Crippen LogP contribution in [0.5, 0.6) is 0 Å². The molecule has 9 aromatic rings. The van der Waals surface area contributed by atoms with E-state index in [1.165, 1.54) is 71.7 Å². The van der Waals surface area contributed by atoms with Crippen molar-refractivity contribution in [1.29, 1.82) is 0 Å². The van der Waals surface area contributed by atoms with Gasteiger partial charge in [0.2, 0.25) is 0 Å². The number of para-hydroxylation sites is 1. The molecule has 0 aliphatic rings. The van der Waals surface area contributed by atoms with E-state index in [-0.39, 0.29) is 0 Å². The fraction of sp³-hybridized carbons (Fsp3) is 0.0566. The maximum absolute atomic E-state index is 2.40. The molecule has 55 heavy (non-hydrogen) atoms. The molecular formula is C53H42N2. The van der Waals surface area contributed by atoms with E-state index in [1.807, 2.05) is 0 Å². The predicted octanol–water partition coefficient (Wildman–Crippen LogP) is 15.1. The number of fused-ring (bicyclic) bond motifs is 5. The highest BCUT2D eigenvalue weighted by atomic mass is 15.1. The first-order chi connectivity index (χ1) is 27.2. The van der Waals surface area contributed by atoms with Gasteiger partial charge in [-0.3, -0.25) is 0 Å². The lowest BCUT2D eigenvalue weighted by atomic mass is 9.99. The van der Waals surface area contributed by atoms with Crippen LogP contribution >= 0.6 is 0 Å². The molecular weight excluding hydrogens is 665 g/mol. The smallest absolute Gasteiger partial charge is 0.0547 e. The summed E-state index contributed by atoms with van der Waals surface area (Å²) in [6, 6.07) is 68.3. The molecule has 8 aromatic carbocycles. The molecule has 0 spiro atoms. The maximum atomic E-state index is 2.40. The Morgan fingerprint density at radius 2 is 1.05 bits per heavy atom. The Morgan fingerprint density at radius 3 is 1.71 bits per heavy atom. The van der Waals surface area contributed by atoms with Gasteiger partial charge in [0.15, 0.2) is 0 Å². The summed E-state index contributed by atoms with van der Waals surface area (Å²) in [5, 5.41) is 5.07. The standard InChI is InChI=1S/C53H42N2/c1-3-13-38(14-4-2)40-21-29-46(30-22-40)54(47-31-23-41(24-32-47)39-15-7-5-8-16-39)48-33-25-42(26-34-48)44-28-35-51-50(37-44)53-49-20-12-11-17-43(49)27-36-52(53)55(51)45-18-9-6-10-19-45/h3,5-37H,4H2,1-2H3/b13-3-,38-14+. The van der Waals surface area contributed by atoms with E-state index in [0.29, 0.717) is 0 Å². The molecule has 1 aromatic heterocycles. The van der Waals surface area contributed by atoms with E-state index in [2.05, 4.69) is 230 Å². The lowest BCUT2D eigenvalue weighted by Crippen LogP contribution is -2.10. The minimum atomic E-state index is 0.992. The predicted molar refractivity (Wildman–Crippen MR) is 237 cm³/mol. The quantitative estimate of drug-likeness (QED) is 0.136. The van der Waals surface area contributed by atoms with Crippen molar-refractivity contribution in [1.82, 2.24) is 4.57 Å². The van der Waals surface area contributed by atoms with Gasteiger partial charge in [-0.05, 0) is 124 Å². The summed E-state index contributed by atoms with van der Waals surface area (Å²) >= 11 is 0. The summed E-state index contributed by atoms with van der Waals surface area (Å²) in [5.41, 5.74) is 14.2. The van der Waals surface area contributed by atoms with Crippen LogP contribution in [-0.4, -0.2) is 4.57 Å². The summed E-state index contributed by atoms with van der Waals surface area (Å²) in [6.07, 6.45) is 7.58. The number of hydrogen-bond acceptors (Lipinski definition) is 1. The van der Waals surface area contributed by atoms with Crippen LogP contribution in [0.2, 0.25) is 0 Å². The average molecular weight is 707 g/mol. The Balaban J connectivity index is 1.14. The lowest BCUT2D eigenvalue weighted by Gasteiger charge is -2.26. The van der Waals surface area contributed by atoms with Gasteiger partial charge in [0.1, 0.15) is 0 Å². The molecule has 0 bridgehead atoms. The molecule has 0 fully saturated rings. The van der Waals surface area contributed by atoms with Gasteiger partial charge in [0.05, 0.1) is 11.0 Å². The van der Waals surface area contributed by atoms with E-state index in [1.54, 1.807) is 0 Å². The fourth-order valence-electron chi connectivity index (χ4n) is 7.99. The first kappa shape index (κ1) is 33.9. The molecule has 0 aliphatic heterocycles. The van der Waals surface area contributed by atoms with Crippen LogP contribution < -0.4 is 4.90 Å². The van der Waals surface area contributed by atoms with Crippen LogP contribution in [0.3, 0.4) is 0 Å². The van der Waals surface area contributed by atoms with E-state index in [0.717, 1.165) is 23.5 Å². The highest BCUT2D eigenvalue weighted by Crippen LogP contribution is 2.41. The third-order valence-electron chi connectivity index (χ3n) is 10.6. The highest BCUT2D eigenvalue weighted by Gasteiger charge is 2.17. The fourth-order valence-corrected chi connectivity index (χ4v) is 7.99. The lowest BCUT2D eigenvalue weighted by molar-refractivity contribution is 1.18. The number of rotatable bonds is 9. The SMILES string of the molecule is C/C=C\C(=C/CC)c1ccc(N(c2ccc(-c3ccccc3)cc2)c2ccc(-c3ccc4c(c3)c3c5ccccc5ccc3n4-c3ccccc3)cc2)cc1. The van der Waals surface area contributed by atoms with Gasteiger partial charge in [0.25, 0.3) is 0 Å². The van der Waals surface area contributed by atoms with Gasteiger partial charge in [0, 0.05) is 33.5 Å². The van der Waals surface area contributed by atoms with E-state index >= 15 is 0 Å². The van der Waals surface area contributed by atoms with Crippen molar-refractivity contribution in [2.75, 3.05) is 4.90 Å². The summed E-state index contributed by atoms with van der Waals surface area (Å²) in [6.45, 7) is 4.26. The topological polar surface area (TPSA) is 8.17 Å². The van der Waals surface area contributed by atoms with Gasteiger partial charge in [-0.25, -0.2) is 0 Å². The normalized spacial score (nSPS) is 11.9. The van der Waals surface area contributed by atoms with E-state index in [4.69, 9.17) is 0 Å². The summed E-state index contributed by atoms with van der Waals surface area (Å²) in [4.78, 5) is 2.35. The van der Waals surface area contributed by atoms with Gasteiger partial charge in [-0.15, -0.1) is 0 Å². The van der Waals surface area contributed by atoms with Crippen molar-refractivity contribution in [2.24, 2.45) is 0 Å². The number of allylic oxidation sites excluding steroid dienone is 4. The van der Waals surface area contributed by atoms with Gasteiger partial charge < -0.3 is 9.47 Å². The molecule has 0 amide bonds. The largest absolute Gasteiger partial charge is 0.311 e. The number of aromatic nitrogens is 1. The molecule has 0 N–H and O–H groups in total. The summed E-state index contributed by atoms with van der Waals surface area (Å²) < 4.78 is 2.40. The van der Waals surface area contributed by atoms with Crippen molar-refractivity contribution < 1.29 is 0 Å². The first-order valence-corrected chi connectivity index (χ1v) is 19.2. The van der Waals surface area contributed by atoms with E-state index in [9.17, 15) is 0 Å². The van der Waals surface area contributed by atoms with Crippen molar-refractivity contribution >= 4 is 55.2 Å². The van der Waals surface area contributed by atoms with Crippen molar-refractivity contribution in [2.45, 2.75) is 20.3 Å². The second-order valence-corrected chi connectivity index (χ2v) is 14.0. The van der Waals surface area contributed by atoms with Crippen molar-refractivity contribution in [3.05, 3.63) is 212 Å². The van der Waals surface area contributed by atoms with Crippen molar-refractivity contribution in [3.63, 3.8) is 0 Å². The molecule has 0 aliphatic carbocycles. The minimum absolute atomic E-state index is 0.992. The van der Waals surface area contributed by atoms with Crippen LogP contribution in [0.15, 0.2) is 206 Å². The molecule has 2 heteroatoms. The van der Waals surface area contributed by atoms with Gasteiger partial charge in [-0.1, -0.05) is 146 Å². The summed E-state index contributed by atoms with van der Waals surface area (Å²) in [7, 11) is 0. The van der Waals surface area contributed by atoms with Crippen LogP contribution in [0.4, 0.5) is 17.1 Å². The zero-order valence-corrected chi connectivity index (χ0v) is 31.2. The number of hydrogen-bond donors (Lipinski definition) is 0. The molecule has 264 valence electrons. The van der Waals surface area contributed by atoms with E-state index < -0.39 is 0 Å². The molecule has 0 unspecified atom stereocenters. The Bertz CT molecular complexity index is 2810. The van der Waals surface area contributed by atoms with Gasteiger partial charge >= 0.3 is 0 Å². The zero-order chi connectivity index (χ0) is 37.1. The Morgan fingerprint density at radius 1 is 0.509 bits per heavy atom. The molecule has 0 radical (unpaired) electrons. The molecule has 2 nitrogen and oxygen atoms in total. The Labute approximate surface area is 323 Å². The second-order valence-electron chi connectivity index (χ2n) is 14.0. The molecule has 1 heterocycles. The van der Waals surface area contributed by atoms with Crippen LogP contribution in [-0.2, 0) is 0 Å². The average Bonchev–Trinajstić information content (AvgIpc) is 3.59. The Kier molecular flexibility index (Phi) is 9.15. The highest BCUT2D eigenvalue weighted by molar-refractivity contribution is 6.21. The third kappa shape index (κ3) is 6.43. The van der Waals surface area contributed by atoms with Gasteiger partial charge in [-0.2, -0.15) is 0 Å². The molecule has 0 saturated carbocycles. The number of anilines is 3. The number of nitrogens with zero attached hydrogens (tertiary/aromatic N) is 2. The minimum Gasteiger partial charge on any atom is -0.311 e. The van der Waals surface area contributed by atoms with Crippen LogP contribution in [0.25, 0.3) is 66.1 Å². The van der Waals surface area contributed by atoms with Crippen LogP contribution in [0, 0.1) is 0 Å². The Hall–Kier alpha value is -6.90.